The summed E-state index contributed by atoms with van der Waals surface area (Å²) in [6.45, 7) is 11.0. The maximum Gasteiger partial charge on any atom is 0.392 e. The molecule has 6 rings (SSSR count). The number of amides is 2. The Kier molecular flexibility index (Phi) is 7.14. The number of hydrogen-bond donors (Lipinski definition) is 2. The molecule has 0 bridgehead atoms. The van der Waals surface area contributed by atoms with E-state index < -0.39 is 5.41 Å². The van der Waals surface area contributed by atoms with Crippen LogP contribution in [0.2, 0.25) is 0 Å². The van der Waals surface area contributed by atoms with Gasteiger partial charge in [0.15, 0.2) is 6.21 Å². The average molecular weight is 572 g/mol. The molecule has 5 aliphatic carbocycles. The summed E-state index contributed by atoms with van der Waals surface area (Å²) >= 11 is 0. The second-order valence-electron chi connectivity index (χ2n) is 15.4. The van der Waals surface area contributed by atoms with Crippen molar-refractivity contribution < 1.29 is 19.3 Å². The number of aryl methyl sites for hydroxylation is 1. The van der Waals surface area contributed by atoms with E-state index in [4.69, 9.17) is 0 Å². The van der Waals surface area contributed by atoms with Crippen LogP contribution in [0, 0.1) is 28.1 Å². The van der Waals surface area contributed by atoms with Gasteiger partial charge < -0.3 is 10.4 Å². The van der Waals surface area contributed by atoms with Gasteiger partial charge >= 0.3 is 5.91 Å². The smallest absolute Gasteiger partial charge is 0.392 e. The minimum Gasteiger partial charge on any atom is -0.512 e. The van der Waals surface area contributed by atoms with Gasteiger partial charge in [0.2, 0.25) is 5.91 Å². The number of aliphatic hydroxyl groups is 1. The van der Waals surface area contributed by atoms with Crippen LogP contribution in [-0.2, 0) is 21.4 Å². The predicted octanol–water partition coefficient (Wildman–Crippen LogP) is 8.03. The number of carbonyl (C=O) groups excluding carboxylic acids is 2. The van der Waals surface area contributed by atoms with Crippen molar-refractivity contribution in [3.05, 3.63) is 52.3 Å². The van der Waals surface area contributed by atoms with Crippen molar-refractivity contribution in [2.75, 3.05) is 12.4 Å². The van der Waals surface area contributed by atoms with Crippen molar-refractivity contribution in [3.63, 3.8) is 0 Å². The van der Waals surface area contributed by atoms with Gasteiger partial charge in [-0.1, -0.05) is 45.3 Å². The number of nitrogens with one attached hydrogen (secondary N) is 1. The summed E-state index contributed by atoms with van der Waals surface area (Å²) < 4.78 is 2.00. The van der Waals surface area contributed by atoms with Crippen molar-refractivity contribution in [2.24, 2.45) is 28.1 Å². The van der Waals surface area contributed by atoms with Gasteiger partial charge in [-0.15, -0.1) is 0 Å². The Bertz CT molecular complexity index is 1420. The third kappa shape index (κ3) is 4.52. The minimum atomic E-state index is -0.418. The Balaban J connectivity index is 1.32. The molecule has 0 radical (unpaired) electrons. The molecule has 0 aliphatic heterocycles. The molecule has 1 aromatic rings. The van der Waals surface area contributed by atoms with Crippen LogP contribution in [0.25, 0.3) is 0 Å². The second-order valence-corrected chi connectivity index (χ2v) is 15.4. The van der Waals surface area contributed by atoms with Crippen molar-refractivity contribution >= 4 is 23.7 Å². The van der Waals surface area contributed by atoms with Crippen LogP contribution in [-0.4, -0.2) is 34.8 Å². The summed E-state index contributed by atoms with van der Waals surface area (Å²) in [4.78, 5) is 26.4. The lowest BCUT2D eigenvalue weighted by molar-refractivity contribution is -0.431. The predicted molar refractivity (Wildman–Crippen MR) is 169 cm³/mol. The third-order valence-electron chi connectivity index (χ3n) is 12.7. The fourth-order valence-electron chi connectivity index (χ4n) is 10.8. The molecule has 2 unspecified atom stereocenters. The lowest BCUT2D eigenvalue weighted by atomic mass is 9.48. The van der Waals surface area contributed by atoms with Crippen molar-refractivity contribution in [3.8, 4) is 0 Å². The van der Waals surface area contributed by atoms with Crippen LogP contribution >= 0.6 is 0 Å². The number of aliphatic hydroxyl groups excluding tert-OH is 1. The summed E-state index contributed by atoms with van der Waals surface area (Å²) in [6, 6.07) is 6.47. The van der Waals surface area contributed by atoms with Gasteiger partial charge in [-0.3, -0.25) is 4.79 Å². The first-order valence-corrected chi connectivity index (χ1v) is 16.5. The van der Waals surface area contributed by atoms with Crippen molar-refractivity contribution in [1.82, 2.24) is 0 Å². The Hall–Kier alpha value is -2.69. The highest BCUT2D eigenvalue weighted by atomic mass is 16.3. The Morgan fingerprint density at radius 1 is 0.929 bits per heavy atom. The van der Waals surface area contributed by atoms with Crippen LogP contribution in [0.4, 0.5) is 5.69 Å². The fourth-order valence-corrected chi connectivity index (χ4v) is 10.8. The van der Waals surface area contributed by atoms with Crippen LogP contribution < -0.4 is 5.32 Å². The molecule has 2 amide bonds. The van der Waals surface area contributed by atoms with Gasteiger partial charge in [-0.05, 0) is 122 Å². The first-order valence-electron chi connectivity index (χ1n) is 16.5. The Morgan fingerprint density at radius 3 is 2.40 bits per heavy atom. The van der Waals surface area contributed by atoms with Gasteiger partial charge in [0.25, 0.3) is 0 Å². The topological polar surface area (TPSA) is 69.4 Å². The van der Waals surface area contributed by atoms with Crippen molar-refractivity contribution in [1.29, 1.82) is 0 Å². The van der Waals surface area contributed by atoms with Crippen LogP contribution in [0.5, 0.6) is 0 Å². The Morgan fingerprint density at radius 2 is 1.64 bits per heavy atom. The fraction of sp³-hybridized carbons (Fsp3) is 0.649. The van der Waals surface area contributed by atoms with Gasteiger partial charge in [0.05, 0.1) is 11.2 Å². The number of benzene rings is 1. The molecule has 5 nitrogen and oxygen atoms in total. The molecule has 226 valence electrons. The summed E-state index contributed by atoms with van der Waals surface area (Å²) in [7, 11) is 2.02. The van der Waals surface area contributed by atoms with E-state index in [1.807, 2.05) is 17.7 Å². The number of rotatable bonds is 3. The van der Waals surface area contributed by atoms with Gasteiger partial charge in [0.1, 0.15) is 7.05 Å². The number of fused-ring (bicyclic) bond motifs is 5. The first-order chi connectivity index (χ1) is 19.8. The average Bonchev–Trinajstić information content (AvgIpc) is 2.92. The molecule has 2 saturated carbocycles. The van der Waals surface area contributed by atoms with Crippen LogP contribution in [0.15, 0.2) is 41.2 Å². The highest BCUT2D eigenvalue weighted by Crippen LogP contribution is 2.62. The Labute approximate surface area is 252 Å². The highest BCUT2D eigenvalue weighted by molar-refractivity contribution is 5.89. The van der Waals surface area contributed by atoms with Crippen LogP contribution in [0.3, 0.4) is 0 Å². The molecule has 0 saturated heterocycles. The van der Waals surface area contributed by atoms with E-state index in [1.165, 1.54) is 22.3 Å². The largest absolute Gasteiger partial charge is 0.512 e. The molecule has 42 heavy (non-hydrogen) atoms. The number of carbonyl (C=O) groups is 2. The molecule has 5 heteroatoms. The summed E-state index contributed by atoms with van der Waals surface area (Å²) in [5, 5.41) is 13.5. The van der Waals surface area contributed by atoms with Gasteiger partial charge in [-0.25, -0.2) is 4.79 Å². The quantitative estimate of drug-likeness (QED) is 0.285. The van der Waals surface area contributed by atoms with E-state index in [9.17, 15) is 14.7 Å². The van der Waals surface area contributed by atoms with E-state index in [2.05, 4.69) is 57.4 Å². The SMILES string of the molecule is CC(=O)Nc1ccc2c(c1)[C@@]1(C)CCC[C@](C)(C=[N+](C)C(=O)[C@@]3(C)CCC[C@]4(C)C5=C(CCC(O)=C5)CCC34)C1CC2. The number of anilines is 1. The molecule has 0 heterocycles. The van der Waals surface area contributed by atoms with Crippen LogP contribution in [0.1, 0.15) is 116 Å². The molecule has 6 atom stereocenters. The van der Waals surface area contributed by atoms with Gasteiger partial charge in [0, 0.05) is 24.4 Å². The monoisotopic (exact) mass is 571 g/mol. The lowest BCUT2D eigenvalue weighted by Gasteiger charge is -2.54. The van der Waals surface area contributed by atoms with E-state index in [0.29, 0.717) is 11.7 Å². The molecule has 2 N–H and O–H groups in total. The zero-order chi connectivity index (χ0) is 30.1. The van der Waals surface area contributed by atoms with Crippen molar-refractivity contribution in [2.45, 2.75) is 117 Å². The maximum atomic E-state index is 14.6. The third-order valence-corrected chi connectivity index (χ3v) is 12.7. The van der Waals surface area contributed by atoms with E-state index >= 15 is 0 Å². The molecule has 0 aromatic heterocycles. The zero-order valence-corrected chi connectivity index (χ0v) is 26.7. The first kappa shape index (κ1) is 29.4. The summed E-state index contributed by atoms with van der Waals surface area (Å²) in [5.41, 5.74) is 5.95. The minimum absolute atomic E-state index is 0.00429. The molecule has 1 aromatic carbocycles. The molecule has 2 fully saturated rings. The number of hydrogen-bond acceptors (Lipinski definition) is 3. The van der Waals surface area contributed by atoms with E-state index in [-0.39, 0.29) is 34.0 Å². The zero-order valence-electron chi connectivity index (χ0n) is 26.7. The molecule has 0 spiro atoms. The standard InChI is InChI=1S/C37H50N2O3/c1-24(40)38-27-13-9-25-11-15-31-34(2,17-7-18-35(31,3)29(25)21-27)23-39(6)33(42)37(5)20-8-19-36(4)30-22-28(41)14-10-26(30)12-16-32(36)37/h9,13,21-23,31-32H,7-8,10-12,14-20H2,1-6H3,(H-,38,40,41)/p+1/t31?,32?,34-,35-,36-,37+/m1/s1. The van der Waals surface area contributed by atoms with E-state index in [1.54, 1.807) is 6.92 Å². The molecular weight excluding hydrogens is 520 g/mol. The van der Waals surface area contributed by atoms with Gasteiger partial charge in [-0.2, -0.15) is 4.58 Å². The maximum absolute atomic E-state index is 14.6. The summed E-state index contributed by atoms with van der Waals surface area (Å²) in [5.74, 6) is 1.44. The number of allylic oxidation sites excluding steroid dienone is 4. The summed E-state index contributed by atoms with van der Waals surface area (Å²) in [6.07, 6.45) is 16.8. The van der Waals surface area contributed by atoms with E-state index in [0.717, 1.165) is 82.7 Å². The normalized spacial score (nSPS) is 38.0. The second kappa shape index (κ2) is 10.2. The lowest BCUT2D eigenvalue weighted by Crippen LogP contribution is -2.54. The molecule has 5 aliphatic rings. The number of nitrogens with zero attached hydrogens (tertiary/aromatic N) is 1. The molecular formula is C37H51N2O3+. The highest BCUT2D eigenvalue weighted by Gasteiger charge is 2.59.